The first kappa shape index (κ1) is 15.0. The minimum absolute atomic E-state index is 0.346. The van der Waals surface area contributed by atoms with Crippen molar-refractivity contribution in [2.24, 2.45) is 0 Å². The highest BCUT2D eigenvalue weighted by Gasteiger charge is 2.26. The molecule has 3 atom stereocenters. The van der Waals surface area contributed by atoms with Gasteiger partial charge >= 0.3 is 0 Å². The molecule has 3 unspecified atom stereocenters. The van der Waals surface area contributed by atoms with Crippen LogP contribution in [0.4, 0.5) is 5.82 Å². The van der Waals surface area contributed by atoms with Gasteiger partial charge in [-0.15, -0.1) is 0 Å². The molecule has 0 radical (unpaired) electrons. The summed E-state index contributed by atoms with van der Waals surface area (Å²) >= 11 is 0. The number of anilines is 1. The first-order valence-corrected chi connectivity index (χ1v) is 8.03. The molecule has 0 saturated carbocycles. The lowest BCUT2D eigenvalue weighted by Gasteiger charge is -2.40. The average Bonchev–Trinajstić information content (AvgIpc) is 2.91. The minimum atomic E-state index is 0.346. The van der Waals surface area contributed by atoms with Gasteiger partial charge in [0, 0.05) is 30.5 Å². The standard InChI is InChI=1S/C16H22N5P/c1-4-11(2)20-9-13(6-5-12(20)3)19-15-14-7-8-21(22)16(14)18-10-17-15/h4,7-8,10,12-13H,1-2,5-6,9,22H2,3H3,(H,17,18,19). The number of nitrogens with zero attached hydrogens (tertiary/aromatic N) is 4. The van der Waals surface area contributed by atoms with Crippen LogP contribution in [0.3, 0.4) is 0 Å². The zero-order chi connectivity index (χ0) is 15.7. The molecule has 116 valence electrons. The fourth-order valence-corrected chi connectivity index (χ4v) is 3.31. The molecule has 0 amide bonds. The lowest BCUT2D eigenvalue weighted by Crippen LogP contribution is -2.45. The highest BCUT2D eigenvalue weighted by atomic mass is 31.0. The normalized spacial score (nSPS) is 21.8. The van der Waals surface area contributed by atoms with Crippen LogP contribution in [0.15, 0.2) is 43.5 Å². The van der Waals surface area contributed by atoms with Crippen molar-refractivity contribution >= 4 is 26.2 Å². The second kappa shape index (κ2) is 6.09. The van der Waals surface area contributed by atoms with Gasteiger partial charge in [-0.3, -0.25) is 0 Å². The molecule has 3 heterocycles. The topological polar surface area (TPSA) is 46.0 Å². The van der Waals surface area contributed by atoms with E-state index in [0.717, 1.165) is 41.9 Å². The van der Waals surface area contributed by atoms with Crippen molar-refractivity contribution in [3.63, 3.8) is 0 Å². The zero-order valence-electron chi connectivity index (χ0n) is 12.9. The molecule has 1 aliphatic heterocycles. The summed E-state index contributed by atoms with van der Waals surface area (Å²) < 4.78 is 1.93. The first-order valence-electron chi connectivity index (χ1n) is 7.51. The van der Waals surface area contributed by atoms with Crippen LogP contribution in [-0.2, 0) is 0 Å². The zero-order valence-corrected chi connectivity index (χ0v) is 14.0. The third kappa shape index (κ3) is 2.73. The molecule has 1 fully saturated rings. The summed E-state index contributed by atoms with van der Waals surface area (Å²) in [6.45, 7) is 11.1. The van der Waals surface area contributed by atoms with Gasteiger partial charge in [0.25, 0.3) is 0 Å². The maximum absolute atomic E-state index is 4.42. The van der Waals surface area contributed by atoms with E-state index in [2.05, 4.69) is 49.7 Å². The summed E-state index contributed by atoms with van der Waals surface area (Å²) in [4.78, 5) is 11.0. The van der Waals surface area contributed by atoms with E-state index in [1.165, 1.54) is 0 Å². The van der Waals surface area contributed by atoms with Crippen LogP contribution in [0.1, 0.15) is 19.8 Å². The molecular weight excluding hydrogens is 293 g/mol. The third-order valence-corrected chi connectivity index (χ3v) is 4.75. The van der Waals surface area contributed by atoms with E-state index in [9.17, 15) is 0 Å². The van der Waals surface area contributed by atoms with Crippen LogP contribution in [0.2, 0.25) is 0 Å². The quantitative estimate of drug-likeness (QED) is 0.696. The van der Waals surface area contributed by atoms with Gasteiger partial charge in [-0.05, 0) is 41.3 Å². The summed E-state index contributed by atoms with van der Waals surface area (Å²) in [5.41, 5.74) is 1.90. The minimum Gasteiger partial charge on any atom is -0.367 e. The SMILES string of the molecule is C=CC(=C)N1CC(Nc2ncnc3c2ccn3P)CCC1C. The van der Waals surface area contributed by atoms with Crippen molar-refractivity contribution in [2.45, 2.75) is 31.8 Å². The molecule has 0 bridgehead atoms. The predicted molar refractivity (Wildman–Crippen MR) is 94.8 cm³/mol. The molecule has 2 aromatic rings. The van der Waals surface area contributed by atoms with Crippen LogP contribution >= 0.6 is 9.39 Å². The molecule has 1 aliphatic rings. The Bertz CT molecular complexity index is 708. The Morgan fingerprint density at radius 2 is 2.27 bits per heavy atom. The second-order valence-electron chi connectivity index (χ2n) is 5.80. The maximum atomic E-state index is 4.42. The van der Waals surface area contributed by atoms with E-state index in [1.54, 1.807) is 6.33 Å². The number of hydrogen-bond acceptors (Lipinski definition) is 4. The molecule has 1 N–H and O–H groups in total. The Hall–Kier alpha value is -1.87. The highest BCUT2D eigenvalue weighted by Crippen LogP contribution is 2.26. The lowest BCUT2D eigenvalue weighted by molar-refractivity contribution is 0.203. The van der Waals surface area contributed by atoms with Gasteiger partial charge in [-0.2, -0.15) is 0 Å². The summed E-state index contributed by atoms with van der Waals surface area (Å²) in [6.07, 6.45) is 7.66. The number of aromatic nitrogens is 3. The van der Waals surface area contributed by atoms with Gasteiger partial charge in [-0.25, -0.2) is 9.97 Å². The third-order valence-electron chi connectivity index (χ3n) is 4.34. The Kier molecular flexibility index (Phi) is 4.16. The van der Waals surface area contributed by atoms with Crippen molar-refractivity contribution in [3.05, 3.63) is 43.5 Å². The molecule has 3 rings (SSSR count). The lowest BCUT2D eigenvalue weighted by atomic mass is 9.98. The number of hydrogen-bond donors (Lipinski definition) is 1. The van der Waals surface area contributed by atoms with Crippen molar-refractivity contribution in [2.75, 3.05) is 11.9 Å². The molecule has 22 heavy (non-hydrogen) atoms. The molecule has 6 heteroatoms. The largest absolute Gasteiger partial charge is 0.367 e. The van der Waals surface area contributed by atoms with E-state index in [1.807, 2.05) is 22.7 Å². The molecule has 5 nitrogen and oxygen atoms in total. The monoisotopic (exact) mass is 315 g/mol. The Balaban J connectivity index is 1.80. The van der Waals surface area contributed by atoms with Gasteiger partial charge in [0.2, 0.25) is 0 Å². The van der Waals surface area contributed by atoms with Crippen molar-refractivity contribution in [3.8, 4) is 0 Å². The molecule has 0 aliphatic carbocycles. The second-order valence-corrected chi connectivity index (χ2v) is 6.35. The molecule has 1 saturated heterocycles. The smallest absolute Gasteiger partial charge is 0.148 e. The van der Waals surface area contributed by atoms with Gasteiger partial charge in [0.1, 0.15) is 17.8 Å². The van der Waals surface area contributed by atoms with Crippen molar-refractivity contribution in [1.29, 1.82) is 0 Å². The van der Waals surface area contributed by atoms with Crippen molar-refractivity contribution in [1.82, 2.24) is 19.2 Å². The van der Waals surface area contributed by atoms with E-state index in [4.69, 9.17) is 0 Å². The summed E-state index contributed by atoms with van der Waals surface area (Å²) in [5.74, 6) is 0.898. The number of nitrogens with one attached hydrogen (secondary N) is 1. The average molecular weight is 315 g/mol. The fraction of sp³-hybridized carbons (Fsp3) is 0.375. The van der Waals surface area contributed by atoms with Gasteiger partial charge in [0.15, 0.2) is 0 Å². The number of fused-ring (bicyclic) bond motifs is 1. The highest BCUT2D eigenvalue weighted by molar-refractivity contribution is 7.14. The van der Waals surface area contributed by atoms with E-state index in [-0.39, 0.29) is 0 Å². The predicted octanol–water partition coefficient (Wildman–Crippen LogP) is 3.03. The first-order chi connectivity index (χ1) is 10.6. The van der Waals surface area contributed by atoms with Gasteiger partial charge in [-0.1, -0.05) is 13.2 Å². The summed E-state index contributed by atoms with van der Waals surface area (Å²) in [5, 5.41) is 4.62. The summed E-state index contributed by atoms with van der Waals surface area (Å²) in [7, 11) is 2.64. The van der Waals surface area contributed by atoms with Crippen LogP contribution in [0.25, 0.3) is 11.0 Å². The van der Waals surface area contributed by atoms with Crippen LogP contribution in [0, 0.1) is 0 Å². The van der Waals surface area contributed by atoms with Crippen molar-refractivity contribution < 1.29 is 0 Å². The fourth-order valence-electron chi connectivity index (χ4n) is 3.02. The number of likely N-dealkylation sites (tertiary alicyclic amines) is 1. The summed E-state index contributed by atoms with van der Waals surface area (Å²) in [6, 6.07) is 2.89. The van der Waals surface area contributed by atoms with E-state index in [0.29, 0.717) is 12.1 Å². The van der Waals surface area contributed by atoms with Gasteiger partial charge in [0.05, 0.1) is 5.39 Å². The number of rotatable bonds is 4. The number of piperidine rings is 1. The van der Waals surface area contributed by atoms with Gasteiger partial charge < -0.3 is 14.6 Å². The van der Waals surface area contributed by atoms with E-state index >= 15 is 0 Å². The van der Waals surface area contributed by atoms with Crippen LogP contribution in [-0.4, -0.2) is 37.8 Å². The van der Waals surface area contributed by atoms with E-state index < -0.39 is 0 Å². The Labute approximate surface area is 133 Å². The Morgan fingerprint density at radius 1 is 1.45 bits per heavy atom. The Morgan fingerprint density at radius 3 is 3.05 bits per heavy atom. The molecule has 0 spiro atoms. The maximum Gasteiger partial charge on any atom is 0.148 e. The molecular formula is C16H22N5P. The number of allylic oxidation sites excluding steroid dienone is 1. The van der Waals surface area contributed by atoms with Crippen LogP contribution < -0.4 is 5.32 Å². The van der Waals surface area contributed by atoms with Crippen LogP contribution in [0.5, 0.6) is 0 Å². The molecule has 2 aromatic heterocycles. The molecule has 0 aromatic carbocycles.